The molecular formula is C24H16Cl4N4O2. The molecule has 0 saturated heterocycles. The zero-order chi connectivity index (χ0) is 24.2. The third-order valence-corrected chi connectivity index (χ3v) is 6.35. The number of fused-ring (bicyclic) bond motifs is 1. The molecule has 0 bridgehead atoms. The number of halogens is 4. The number of aromatic nitrogens is 2. The molecule has 0 fully saturated rings. The normalized spacial score (nSPS) is 12.4. The van der Waals surface area contributed by atoms with Gasteiger partial charge >= 0.3 is 0 Å². The summed E-state index contributed by atoms with van der Waals surface area (Å²) in [6.45, 7) is 0. The molecule has 1 heterocycles. The second-order valence-electron chi connectivity index (χ2n) is 7.33. The number of oxime groups is 2. The first kappa shape index (κ1) is 24.2. The standard InChI is InChI=1S/C24H16Cl4N4O2/c25-15-5-1-13(2-6-15)19(31-33)11-23-24(12-20(32-34)14-3-7-16(26)8-4-14)30-22-10-18(28)17(27)9-21(22)29-23/h1-10,33-34H,11-12H2. The van der Waals surface area contributed by atoms with E-state index in [1.807, 2.05) is 0 Å². The van der Waals surface area contributed by atoms with Gasteiger partial charge in [-0.2, -0.15) is 0 Å². The van der Waals surface area contributed by atoms with Crippen LogP contribution in [0, 0.1) is 0 Å². The van der Waals surface area contributed by atoms with E-state index in [0.717, 1.165) is 0 Å². The highest BCUT2D eigenvalue weighted by atomic mass is 35.5. The third-order valence-electron chi connectivity index (χ3n) is 5.13. The fraction of sp³-hybridized carbons (Fsp3) is 0.0833. The zero-order valence-corrected chi connectivity index (χ0v) is 20.4. The Morgan fingerprint density at radius 1 is 0.618 bits per heavy atom. The number of hydrogen-bond donors (Lipinski definition) is 2. The molecule has 0 atom stereocenters. The maximum absolute atomic E-state index is 9.72. The summed E-state index contributed by atoms with van der Waals surface area (Å²) in [5.41, 5.74) is 4.14. The highest BCUT2D eigenvalue weighted by molar-refractivity contribution is 6.42. The molecular weight excluding hydrogens is 518 g/mol. The fourth-order valence-electron chi connectivity index (χ4n) is 3.40. The van der Waals surface area contributed by atoms with Crippen LogP contribution in [-0.4, -0.2) is 31.8 Å². The summed E-state index contributed by atoms with van der Waals surface area (Å²) in [6, 6.07) is 17.0. The first-order valence-electron chi connectivity index (χ1n) is 9.96. The molecule has 3 aromatic carbocycles. The molecule has 0 aliphatic carbocycles. The van der Waals surface area contributed by atoms with E-state index in [1.165, 1.54) is 0 Å². The van der Waals surface area contributed by atoms with Crippen LogP contribution in [0.5, 0.6) is 0 Å². The van der Waals surface area contributed by atoms with Crippen molar-refractivity contribution in [1.29, 1.82) is 0 Å². The second-order valence-corrected chi connectivity index (χ2v) is 9.02. The summed E-state index contributed by atoms with van der Waals surface area (Å²) in [6.07, 6.45) is 0.298. The molecule has 10 heteroatoms. The number of nitrogens with zero attached hydrogens (tertiary/aromatic N) is 4. The van der Waals surface area contributed by atoms with Crippen molar-refractivity contribution in [3.8, 4) is 0 Å². The van der Waals surface area contributed by atoms with Gasteiger partial charge in [-0.25, -0.2) is 9.97 Å². The van der Waals surface area contributed by atoms with E-state index >= 15 is 0 Å². The lowest BCUT2D eigenvalue weighted by Crippen LogP contribution is -2.15. The molecule has 0 aliphatic heterocycles. The monoisotopic (exact) mass is 532 g/mol. The van der Waals surface area contributed by atoms with Crippen LogP contribution in [0.4, 0.5) is 0 Å². The van der Waals surface area contributed by atoms with Crippen molar-refractivity contribution in [3.05, 3.63) is 103 Å². The third kappa shape index (κ3) is 5.42. The van der Waals surface area contributed by atoms with Crippen molar-refractivity contribution in [2.24, 2.45) is 10.3 Å². The van der Waals surface area contributed by atoms with Crippen LogP contribution in [0.3, 0.4) is 0 Å². The Kier molecular flexibility index (Phi) is 7.54. The lowest BCUT2D eigenvalue weighted by Gasteiger charge is -2.13. The Morgan fingerprint density at radius 2 is 0.971 bits per heavy atom. The van der Waals surface area contributed by atoms with Gasteiger partial charge in [-0.05, 0) is 47.5 Å². The molecule has 0 amide bonds. The number of hydrogen-bond acceptors (Lipinski definition) is 6. The van der Waals surface area contributed by atoms with E-state index in [1.54, 1.807) is 60.7 Å². The van der Waals surface area contributed by atoms with E-state index in [4.69, 9.17) is 56.4 Å². The Hall–Kier alpha value is -2.90. The molecule has 34 heavy (non-hydrogen) atoms. The molecule has 1 aromatic heterocycles. The van der Waals surface area contributed by atoms with Gasteiger partial charge in [-0.15, -0.1) is 0 Å². The first-order chi connectivity index (χ1) is 16.4. The van der Waals surface area contributed by atoms with Gasteiger partial charge in [0.2, 0.25) is 0 Å². The Balaban J connectivity index is 1.79. The Morgan fingerprint density at radius 3 is 1.29 bits per heavy atom. The van der Waals surface area contributed by atoms with Crippen molar-refractivity contribution in [2.45, 2.75) is 12.8 Å². The molecule has 0 saturated carbocycles. The first-order valence-corrected chi connectivity index (χ1v) is 11.5. The zero-order valence-electron chi connectivity index (χ0n) is 17.4. The van der Waals surface area contributed by atoms with Gasteiger partial charge in [-0.1, -0.05) is 81.0 Å². The predicted octanol–water partition coefficient (Wildman–Crippen LogP) is 7.09. The molecule has 0 aliphatic rings. The summed E-state index contributed by atoms with van der Waals surface area (Å²) >= 11 is 24.3. The minimum Gasteiger partial charge on any atom is -0.411 e. The summed E-state index contributed by atoms with van der Waals surface area (Å²) < 4.78 is 0. The van der Waals surface area contributed by atoms with Crippen LogP contribution >= 0.6 is 46.4 Å². The minimum absolute atomic E-state index is 0.149. The Labute approximate surface area is 215 Å². The molecule has 0 spiro atoms. The lowest BCUT2D eigenvalue weighted by molar-refractivity contribution is 0.318. The van der Waals surface area contributed by atoms with Gasteiger partial charge in [0.15, 0.2) is 0 Å². The molecule has 172 valence electrons. The molecule has 0 unspecified atom stereocenters. The van der Waals surface area contributed by atoms with Gasteiger partial charge in [0.05, 0.1) is 43.9 Å². The van der Waals surface area contributed by atoms with Crippen LogP contribution in [0.25, 0.3) is 11.0 Å². The molecule has 0 radical (unpaired) electrons. The average molecular weight is 534 g/mol. The van der Waals surface area contributed by atoms with Crippen LogP contribution in [0.1, 0.15) is 22.5 Å². The van der Waals surface area contributed by atoms with Crippen molar-refractivity contribution in [2.75, 3.05) is 0 Å². The van der Waals surface area contributed by atoms with Gasteiger partial charge in [0.1, 0.15) is 0 Å². The van der Waals surface area contributed by atoms with Gasteiger partial charge < -0.3 is 10.4 Å². The van der Waals surface area contributed by atoms with Crippen molar-refractivity contribution >= 4 is 68.9 Å². The average Bonchev–Trinajstić information content (AvgIpc) is 2.83. The number of rotatable bonds is 6. The second kappa shape index (κ2) is 10.6. The summed E-state index contributed by atoms with van der Waals surface area (Å²) in [5, 5.41) is 28.2. The van der Waals surface area contributed by atoms with Crippen molar-refractivity contribution in [3.63, 3.8) is 0 Å². The van der Waals surface area contributed by atoms with E-state index < -0.39 is 0 Å². The maximum atomic E-state index is 9.72. The highest BCUT2D eigenvalue weighted by Crippen LogP contribution is 2.27. The van der Waals surface area contributed by atoms with E-state index in [0.29, 0.717) is 65.1 Å². The van der Waals surface area contributed by atoms with Gasteiger partial charge in [0, 0.05) is 22.9 Å². The quantitative estimate of drug-likeness (QED) is 0.157. The van der Waals surface area contributed by atoms with Crippen molar-refractivity contribution < 1.29 is 10.4 Å². The van der Waals surface area contributed by atoms with Crippen LogP contribution in [-0.2, 0) is 12.8 Å². The van der Waals surface area contributed by atoms with E-state index in [2.05, 4.69) is 10.3 Å². The summed E-state index contributed by atoms with van der Waals surface area (Å²) in [5.74, 6) is 0. The smallest absolute Gasteiger partial charge is 0.0927 e. The number of benzene rings is 3. The largest absolute Gasteiger partial charge is 0.411 e. The topological polar surface area (TPSA) is 91.0 Å². The molecule has 2 N–H and O–H groups in total. The summed E-state index contributed by atoms with van der Waals surface area (Å²) in [7, 11) is 0. The molecule has 4 rings (SSSR count). The predicted molar refractivity (Wildman–Crippen MR) is 137 cm³/mol. The fourth-order valence-corrected chi connectivity index (χ4v) is 3.97. The van der Waals surface area contributed by atoms with E-state index in [9.17, 15) is 10.4 Å². The minimum atomic E-state index is 0.149. The van der Waals surface area contributed by atoms with Gasteiger partial charge in [0.25, 0.3) is 0 Å². The van der Waals surface area contributed by atoms with Crippen LogP contribution in [0.2, 0.25) is 20.1 Å². The van der Waals surface area contributed by atoms with E-state index in [-0.39, 0.29) is 12.8 Å². The maximum Gasteiger partial charge on any atom is 0.0927 e. The van der Waals surface area contributed by atoms with Crippen molar-refractivity contribution in [1.82, 2.24) is 9.97 Å². The highest BCUT2D eigenvalue weighted by Gasteiger charge is 2.18. The summed E-state index contributed by atoms with van der Waals surface area (Å²) in [4.78, 5) is 9.44. The molecule has 4 aromatic rings. The Bertz CT molecular complexity index is 1300. The van der Waals surface area contributed by atoms with Crippen LogP contribution in [0.15, 0.2) is 71.0 Å². The lowest BCUT2D eigenvalue weighted by atomic mass is 10.00. The molecule has 6 nitrogen and oxygen atoms in total. The van der Waals surface area contributed by atoms with Gasteiger partial charge in [-0.3, -0.25) is 0 Å². The SMILES string of the molecule is ON=C(Cc1nc2cc(Cl)c(Cl)cc2nc1CC(=NO)c1ccc(Cl)cc1)c1ccc(Cl)cc1. The van der Waals surface area contributed by atoms with Crippen LogP contribution < -0.4 is 0 Å².